The lowest BCUT2D eigenvalue weighted by Crippen LogP contribution is -2.50. The summed E-state index contributed by atoms with van der Waals surface area (Å²) >= 11 is 6.94. The summed E-state index contributed by atoms with van der Waals surface area (Å²) in [5.74, 6) is 2.27. The number of rotatable bonds is 17. The molecule has 1 atom stereocenters. The number of aromatic nitrogens is 1. The standard InChI is InChI=1S/C47H59ClN6O4/c1-33(2)51-47(55)30-53-20-18-52(19-21-53)16-10-22-56-44-15-9-14-42(36(44)5)41-13-8-12-39(35(41)4)32-58-46-25-45(57-31-38-23-37(26-49)27-50-28-38)40(24-43(46)48)29-54-17-7-6-11-34(54)3/h8-9,12-15,23-25,27-28,33-34H,6-7,10-11,16-22,29-32H2,1-5H3,(H,51,55)/t34-/m1/s1. The first-order valence-corrected chi connectivity index (χ1v) is 21.2. The fraction of sp³-hybridized carbons (Fsp3) is 0.468. The average Bonchev–Trinajstić information content (AvgIpc) is 3.21. The first kappa shape index (κ1) is 42.9. The van der Waals surface area contributed by atoms with Crippen LogP contribution in [-0.4, -0.2) is 90.1 Å². The van der Waals surface area contributed by atoms with Gasteiger partial charge in [0.15, 0.2) is 0 Å². The van der Waals surface area contributed by atoms with Gasteiger partial charge in [-0.25, -0.2) is 0 Å². The number of hydrogen-bond donors (Lipinski definition) is 1. The number of pyridine rings is 1. The van der Waals surface area contributed by atoms with E-state index >= 15 is 0 Å². The van der Waals surface area contributed by atoms with E-state index in [9.17, 15) is 10.1 Å². The molecule has 4 aromatic rings. The minimum atomic E-state index is 0.101. The highest BCUT2D eigenvalue weighted by Crippen LogP contribution is 2.37. The fourth-order valence-corrected chi connectivity index (χ4v) is 8.15. The predicted molar refractivity (Wildman–Crippen MR) is 230 cm³/mol. The summed E-state index contributed by atoms with van der Waals surface area (Å²) in [5.41, 5.74) is 7.90. The Morgan fingerprint density at radius 1 is 0.879 bits per heavy atom. The van der Waals surface area contributed by atoms with Crippen molar-refractivity contribution in [1.82, 2.24) is 25.0 Å². The quantitative estimate of drug-likeness (QED) is 0.106. The van der Waals surface area contributed by atoms with Gasteiger partial charge in [0, 0.05) is 80.9 Å². The zero-order valence-corrected chi connectivity index (χ0v) is 35.6. The Morgan fingerprint density at radius 2 is 1.62 bits per heavy atom. The second kappa shape index (κ2) is 20.9. The van der Waals surface area contributed by atoms with Crippen LogP contribution in [0.25, 0.3) is 11.1 Å². The lowest BCUT2D eigenvalue weighted by molar-refractivity contribution is -0.123. The summed E-state index contributed by atoms with van der Waals surface area (Å²) in [6, 6.07) is 21.1. The van der Waals surface area contributed by atoms with Crippen LogP contribution in [0.15, 0.2) is 67.0 Å². The van der Waals surface area contributed by atoms with Gasteiger partial charge in [0.05, 0.1) is 23.7 Å². The van der Waals surface area contributed by atoms with Crippen LogP contribution in [0.4, 0.5) is 0 Å². The van der Waals surface area contributed by atoms with E-state index < -0.39 is 0 Å². The summed E-state index contributed by atoms with van der Waals surface area (Å²) in [6.07, 6.45) is 7.81. The molecule has 0 radical (unpaired) electrons. The van der Waals surface area contributed by atoms with Crippen molar-refractivity contribution < 1.29 is 19.0 Å². The highest BCUT2D eigenvalue weighted by atomic mass is 35.5. The molecular formula is C47H59ClN6O4. The van der Waals surface area contributed by atoms with Gasteiger partial charge in [-0.15, -0.1) is 0 Å². The molecule has 10 nitrogen and oxygen atoms in total. The van der Waals surface area contributed by atoms with Crippen LogP contribution in [0.1, 0.15) is 79.8 Å². The number of nitrogens with one attached hydrogen (secondary N) is 1. The molecular weight excluding hydrogens is 748 g/mol. The Labute approximate surface area is 350 Å². The van der Waals surface area contributed by atoms with Crippen molar-refractivity contribution in [3.63, 3.8) is 0 Å². The normalized spacial score (nSPS) is 16.6. The first-order chi connectivity index (χ1) is 28.1. The molecule has 0 saturated carbocycles. The third kappa shape index (κ3) is 11.7. The van der Waals surface area contributed by atoms with E-state index in [1.54, 1.807) is 18.5 Å². The molecule has 308 valence electrons. The van der Waals surface area contributed by atoms with Crippen molar-refractivity contribution in [1.29, 1.82) is 5.26 Å². The van der Waals surface area contributed by atoms with Crippen LogP contribution in [0, 0.1) is 25.2 Å². The molecule has 3 aromatic carbocycles. The van der Waals surface area contributed by atoms with Crippen LogP contribution in [0.2, 0.25) is 5.02 Å². The number of hydrogen-bond acceptors (Lipinski definition) is 9. The number of carbonyl (C=O) groups excluding carboxylic acids is 1. The number of piperidine rings is 1. The van der Waals surface area contributed by atoms with Crippen LogP contribution in [0.5, 0.6) is 17.2 Å². The van der Waals surface area contributed by atoms with Crippen LogP contribution >= 0.6 is 11.6 Å². The van der Waals surface area contributed by atoms with Gasteiger partial charge in [0.25, 0.3) is 0 Å². The van der Waals surface area contributed by atoms with Crippen LogP contribution in [0.3, 0.4) is 0 Å². The summed E-state index contributed by atoms with van der Waals surface area (Å²) in [4.78, 5) is 23.5. The molecule has 0 spiro atoms. The summed E-state index contributed by atoms with van der Waals surface area (Å²) in [5, 5.41) is 12.9. The van der Waals surface area contributed by atoms with Gasteiger partial charge in [0.2, 0.25) is 5.91 Å². The zero-order valence-electron chi connectivity index (χ0n) is 34.9. The van der Waals surface area contributed by atoms with Gasteiger partial charge in [-0.2, -0.15) is 5.26 Å². The van der Waals surface area contributed by atoms with E-state index in [4.69, 9.17) is 25.8 Å². The summed E-state index contributed by atoms with van der Waals surface area (Å²) < 4.78 is 19.2. The van der Waals surface area contributed by atoms with Crippen molar-refractivity contribution in [2.75, 3.05) is 52.4 Å². The SMILES string of the molecule is Cc1c(COc2cc(OCc3cncc(C#N)c3)c(CN3CCCC[C@H]3C)cc2Cl)cccc1-c1cccc(OCCCN2CCN(CC(=O)NC(C)C)CC2)c1C. The second-order valence-electron chi connectivity index (χ2n) is 16.0. The number of halogens is 1. The van der Waals surface area contributed by atoms with Gasteiger partial charge < -0.3 is 24.4 Å². The number of nitrogens with zero attached hydrogens (tertiary/aromatic N) is 5. The smallest absolute Gasteiger partial charge is 0.234 e. The number of benzene rings is 3. The maximum atomic E-state index is 12.2. The molecule has 0 unspecified atom stereocenters. The Morgan fingerprint density at radius 3 is 2.38 bits per heavy atom. The van der Waals surface area contributed by atoms with E-state index in [-0.39, 0.29) is 18.6 Å². The molecule has 1 aromatic heterocycles. The maximum Gasteiger partial charge on any atom is 0.234 e. The van der Waals surface area contributed by atoms with Crippen molar-refractivity contribution in [3.05, 3.63) is 105 Å². The van der Waals surface area contributed by atoms with E-state index in [1.807, 2.05) is 26.0 Å². The third-order valence-electron chi connectivity index (χ3n) is 11.3. The maximum absolute atomic E-state index is 12.2. The monoisotopic (exact) mass is 806 g/mol. The van der Waals surface area contributed by atoms with E-state index in [1.165, 1.54) is 19.3 Å². The summed E-state index contributed by atoms with van der Waals surface area (Å²) in [7, 11) is 0. The molecule has 1 N–H and O–H groups in total. The van der Waals surface area contributed by atoms with Crippen molar-refractivity contribution in [3.8, 4) is 34.4 Å². The average molecular weight is 807 g/mol. The molecule has 2 fully saturated rings. The van der Waals surface area contributed by atoms with Crippen molar-refractivity contribution >= 4 is 17.5 Å². The molecule has 11 heteroatoms. The highest BCUT2D eigenvalue weighted by Gasteiger charge is 2.22. The molecule has 3 heterocycles. The molecule has 2 saturated heterocycles. The fourth-order valence-electron chi connectivity index (χ4n) is 7.91. The Balaban J connectivity index is 1.08. The van der Waals surface area contributed by atoms with Crippen molar-refractivity contribution in [2.24, 2.45) is 0 Å². The number of amides is 1. The molecule has 2 aliphatic heterocycles. The molecule has 1 amide bonds. The first-order valence-electron chi connectivity index (χ1n) is 20.8. The number of piperazine rings is 1. The lowest BCUT2D eigenvalue weighted by Gasteiger charge is -2.34. The van der Waals surface area contributed by atoms with Crippen molar-refractivity contribution in [2.45, 2.75) is 92.1 Å². The van der Waals surface area contributed by atoms with Crippen LogP contribution in [-0.2, 0) is 24.6 Å². The third-order valence-corrected chi connectivity index (χ3v) is 11.6. The zero-order chi connectivity index (χ0) is 41.0. The van der Waals surface area contributed by atoms with Gasteiger partial charge in [-0.05, 0) is 106 Å². The molecule has 0 aliphatic carbocycles. The number of carbonyl (C=O) groups is 1. The highest BCUT2D eigenvalue weighted by molar-refractivity contribution is 6.32. The van der Waals surface area contributed by atoms with Crippen LogP contribution < -0.4 is 19.5 Å². The number of nitriles is 1. The topological polar surface area (TPSA) is 103 Å². The van der Waals surface area contributed by atoms with E-state index in [0.717, 1.165) is 96.9 Å². The lowest BCUT2D eigenvalue weighted by atomic mass is 9.93. The molecule has 0 bridgehead atoms. The molecule has 6 rings (SSSR count). The van der Waals surface area contributed by atoms with Gasteiger partial charge >= 0.3 is 0 Å². The van der Waals surface area contributed by atoms with Gasteiger partial charge in [-0.1, -0.05) is 48.4 Å². The van der Waals surface area contributed by atoms with Gasteiger partial charge in [-0.3, -0.25) is 19.6 Å². The second-order valence-corrected chi connectivity index (χ2v) is 16.4. The van der Waals surface area contributed by atoms with Gasteiger partial charge in [0.1, 0.15) is 36.5 Å². The largest absolute Gasteiger partial charge is 0.493 e. The minimum Gasteiger partial charge on any atom is -0.493 e. The van der Waals surface area contributed by atoms with E-state index in [0.29, 0.717) is 47.9 Å². The van der Waals surface area contributed by atoms with E-state index in [2.05, 4.69) is 88.2 Å². The number of likely N-dealkylation sites (tertiary alicyclic amines) is 1. The Bertz CT molecular complexity index is 2040. The minimum absolute atomic E-state index is 0.101. The predicted octanol–water partition coefficient (Wildman–Crippen LogP) is 8.33. The molecule has 58 heavy (non-hydrogen) atoms. The summed E-state index contributed by atoms with van der Waals surface area (Å²) in [6.45, 7) is 18.7. The Hall–Kier alpha value is -4.66. The Kier molecular flexibility index (Phi) is 15.4. The number of ether oxygens (including phenoxy) is 3. The molecule has 2 aliphatic rings.